The molecule has 7 atom stereocenters. The van der Waals surface area contributed by atoms with E-state index in [0.717, 1.165) is 19.3 Å². The van der Waals surface area contributed by atoms with Crippen LogP contribution in [0.3, 0.4) is 0 Å². The van der Waals surface area contributed by atoms with Crippen molar-refractivity contribution in [1.82, 2.24) is 38.6 Å². The van der Waals surface area contributed by atoms with Crippen molar-refractivity contribution in [3.8, 4) is 0 Å². The third-order valence-electron chi connectivity index (χ3n) is 8.45. The first-order valence-electron chi connectivity index (χ1n) is 16.0. The number of aliphatic hydroxyl groups excluding tert-OH is 3. The maximum Gasteiger partial charge on any atom is 0.351 e. The summed E-state index contributed by atoms with van der Waals surface area (Å²) in [7, 11) is 0. The Labute approximate surface area is 286 Å². The van der Waals surface area contributed by atoms with Gasteiger partial charge in [0.2, 0.25) is 0 Å². The molecule has 22 heteroatoms. The van der Waals surface area contributed by atoms with Crippen LogP contribution in [0.4, 0.5) is 5.82 Å². The number of imidazole rings is 1. The predicted molar refractivity (Wildman–Crippen MR) is 176 cm³/mol. The van der Waals surface area contributed by atoms with E-state index in [-0.39, 0.29) is 62.3 Å². The first-order chi connectivity index (χ1) is 24.6. The van der Waals surface area contributed by atoms with E-state index in [9.17, 15) is 19.2 Å². The molecular weight excluding hydrogens is 676 g/mol. The summed E-state index contributed by atoms with van der Waals surface area (Å²) in [6.45, 7) is 1.25. The molecule has 274 valence electrons. The van der Waals surface area contributed by atoms with Crippen LogP contribution in [0.5, 0.6) is 0 Å². The van der Waals surface area contributed by atoms with Gasteiger partial charge in [0.25, 0.3) is 11.1 Å². The Balaban J connectivity index is 0.000000149. The van der Waals surface area contributed by atoms with Gasteiger partial charge in [0.05, 0.1) is 56.8 Å². The van der Waals surface area contributed by atoms with Crippen LogP contribution in [0.15, 0.2) is 55.4 Å². The lowest BCUT2D eigenvalue weighted by atomic mass is 10.1. The third kappa shape index (κ3) is 8.57. The zero-order valence-electron chi connectivity index (χ0n) is 27.4. The molecular formula is C29H38N12O10. The molecule has 4 aromatic heterocycles. The molecule has 7 rings (SSSR count). The largest absolute Gasteiger partial charge is 0.394 e. The normalized spacial score (nSPS) is 25.5. The maximum atomic E-state index is 11.7. The Morgan fingerprint density at radius 2 is 1.63 bits per heavy atom. The molecule has 3 saturated heterocycles. The van der Waals surface area contributed by atoms with Gasteiger partial charge in [0.15, 0.2) is 11.2 Å². The highest BCUT2D eigenvalue weighted by molar-refractivity contribution is 5.68. The van der Waals surface area contributed by atoms with Gasteiger partial charge >= 0.3 is 11.4 Å². The van der Waals surface area contributed by atoms with Crippen molar-refractivity contribution in [2.75, 3.05) is 25.6 Å². The first-order valence-corrected chi connectivity index (χ1v) is 16.0. The van der Waals surface area contributed by atoms with Crippen molar-refractivity contribution < 1.29 is 29.5 Å². The second kappa shape index (κ2) is 16.7. The van der Waals surface area contributed by atoms with Gasteiger partial charge in [-0.15, -0.1) is 0 Å². The van der Waals surface area contributed by atoms with Crippen LogP contribution in [0.2, 0.25) is 0 Å². The monoisotopic (exact) mass is 714 g/mol. The highest BCUT2D eigenvalue weighted by Crippen LogP contribution is 2.31. The number of H-pyrrole nitrogens is 2. The lowest BCUT2D eigenvalue weighted by Crippen LogP contribution is -2.33. The van der Waals surface area contributed by atoms with Crippen molar-refractivity contribution in [2.45, 2.75) is 82.1 Å². The van der Waals surface area contributed by atoms with Crippen LogP contribution in [0, 0.1) is 6.92 Å². The average Bonchev–Trinajstić information content (AvgIpc) is 3.93. The summed E-state index contributed by atoms with van der Waals surface area (Å²) < 4.78 is 20.9. The number of nitrogens with two attached hydrogens (primary N) is 1. The number of hydrogen-bond acceptors (Lipinski definition) is 15. The lowest BCUT2D eigenvalue weighted by Gasteiger charge is -2.14. The minimum atomic E-state index is -0.671. The fourth-order valence-electron chi connectivity index (χ4n) is 5.81. The fraction of sp³-hybridized carbons (Fsp3) is 0.552. The zero-order chi connectivity index (χ0) is 36.7. The number of aromatic amines is 2. The Kier molecular flexibility index (Phi) is 12.1. The number of aliphatic hydroxyl groups is 3. The molecule has 0 unspecified atom stereocenters. The van der Waals surface area contributed by atoms with Crippen molar-refractivity contribution >= 4 is 17.0 Å². The van der Waals surface area contributed by atoms with Crippen molar-refractivity contribution in [3.63, 3.8) is 0 Å². The van der Waals surface area contributed by atoms with E-state index in [1.165, 1.54) is 21.7 Å². The van der Waals surface area contributed by atoms with Gasteiger partial charge in [-0.05, 0) is 44.2 Å². The van der Waals surface area contributed by atoms with Crippen LogP contribution in [0.25, 0.3) is 21.6 Å². The minimum absolute atomic E-state index is 0.0111. The standard InChI is InChI=1S/C10H13N5O4.C10H12N4O3.C9H13N3O3/c1-5-3-15(10(18)12-9(5)17)8-2-6(13-14-11)7(4-16)19-8;15-3-6-1-2-7(17-6)14-5-13-8-9(14)11-4-12-10(8)16;10-7-3-4-12(9(14)11-7)8-2-1-6(5-13)15-8/h3,6-8,16H,2,4H2,1H3,(H,12,17,18);4-7,15H,1-3H2,(H,11,12,16);3-4,6,8,13H,1-2,5H2,(H2,10,11,14)/t6-,7+,8+;6-,7+;6-,8+/m000/s1. The summed E-state index contributed by atoms with van der Waals surface area (Å²) >= 11 is 0. The van der Waals surface area contributed by atoms with Gasteiger partial charge in [0.1, 0.15) is 24.5 Å². The van der Waals surface area contributed by atoms with E-state index in [4.69, 9.17) is 40.8 Å². The molecule has 0 aromatic carbocycles. The zero-order valence-corrected chi connectivity index (χ0v) is 27.4. The molecule has 7 heterocycles. The molecule has 0 spiro atoms. The van der Waals surface area contributed by atoms with Gasteiger partial charge in [-0.25, -0.2) is 19.6 Å². The second-order valence-corrected chi connectivity index (χ2v) is 11.8. The maximum absolute atomic E-state index is 11.7. The number of fused-ring (bicyclic) bond motifs is 1. The van der Waals surface area contributed by atoms with E-state index in [1.807, 2.05) is 0 Å². The number of ether oxygens (including phenoxy) is 3. The number of anilines is 1. The number of aryl methyl sites for hydroxylation is 1. The number of rotatable bonds is 7. The Bertz CT molecular complexity index is 2090. The average molecular weight is 715 g/mol. The number of nitrogen functional groups attached to an aromatic ring is 1. The molecule has 4 aromatic rings. The SMILES string of the molecule is Cc1cn([C@H]2C[C@H](N=[N+]=[N-])[C@@H](CO)O2)c(=O)[nH]c1=O.Nc1ccn([C@H]2CC[C@@H](CO)O2)c(=O)n1.O=c1[nH]cnc2c1ncn2[C@H]1CC[C@@H](CO)O1. The summed E-state index contributed by atoms with van der Waals surface area (Å²) in [5.74, 6) is 0.202. The minimum Gasteiger partial charge on any atom is -0.394 e. The first kappa shape index (κ1) is 37.0. The Hall–Kier alpha value is -5.22. The molecule has 0 saturated carbocycles. The quantitative estimate of drug-likeness (QED) is 0.0767. The number of azide groups is 1. The van der Waals surface area contributed by atoms with E-state index in [1.54, 1.807) is 30.1 Å². The van der Waals surface area contributed by atoms with Crippen molar-refractivity contribution in [2.24, 2.45) is 5.11 Å². The van der Waals surface area contributed by atoms with E-state index < -0.39 is 35.3 Å². The molecule has 0 radical (unpaired) electrons. The summed E-state index contributed by atoms with van der Waals surface area (Å²) in [6, 6.07) is 1.01. The molecule has 0 amide bonds. The molecule has 3 aliphatic heterocycles. The van der Waals surface area contributed by atoms with Crippen LogP contribution < -0.4 is 28.2 Å². The van der Waals surface area contributed by atoms with E-state index >= 15 is 0 Å². The Morgan fingerprint density at radius 1 is 0.941 bits per heavy atom. The fourth-order valence-corrected chi connectivity index (χ4v) is 5.81. The summed E-state index contributed by atoms with van der Waals surface area (Å²) in [6.07, 6.45) is 6.97. The number of nitrogens with one attached hydrogen (secondary N) is 2. The molecule has 3 fully saturated rings. The second-order valence-electron chi connectivity index (χ2n) is 11.8. The van der Waals surface area contributed by atoms with Gasteiger partial charge in [0, 0.05) is 29.3 Å². The number of aromatic nitrogens is 8. The highest BCUT2D eigenvalue weighted by Gasteiger charge is 2.36. The van der Waals surface area contributed by atoms with E-state index in [0.29, 0.717) is 23.1 Å². The smallest absolute Gasteiger partial charge is 0.351 e. The topological polar surface area (TPSA) is 316 Å². The predicted octanol–water partition coefficient (Wildman–Crippen LogP) is -0.911. The van der Waals surface area contributed by atoms with E-state index in [2.05, 4.69) is 34.9 Å². The van der Waals surface area contributed by atoms with Crippen LogP contribution in [-0.2, 0) is 14.2 Å². The van der Waals surface area contributed by atoms with Crippen LogP contribution in [-0.4, -0.2) is 98.1 Å². The molecule has 51 heavy (non-hydrogen) atoms. The summed E-state index contributed by atoms with van der Waals surface area (Å²) in [5.41, 5.74) is 13.3. The van der Waals surface area contributed by atoms with Gasteiger partial charge in [-0.1, -0.05) is 5.11 Å². The number of hydrogen-bond donors (Lipinski definition) is 6. The van der Waals surface area contributed by atoms with Crippen molar-refractivity contribution in [1.29, 1.82) is 0 Å². The third-order valence-corrected chi connectivity index (χ3v) is 8.45. The lowest BCUT2D eigenvalue weighted by molar-refractivity contribution is -0.0271. The Morgan fingerprint density at radius 3 is 2.24 bits per heavy atom. The van der Waals surface area contributed by atoms with Gasteiger partial charge in [-0.2, -0.15) is 4.98 Å². The molecule has 0 bridgehead atoms. The molecule has 0 aliphatic carbocycles. The highest BCUT2D eigenvalue weighted by atomic mass is 16.5. The molecule has 7 N–H and O–H groups in total. The number of nitrogens with zero attached hydrogens (tertiary/aromatic N) is 9. The van der Waals surface area contributed by atoms with Gasteiger partial charge in [-0.3, -0.25) is 28.3 Å². The molecule has 3 aliphatic rings. The van der Waals surface area contributed by atoms with Gasteiger partial charge < -0.3 is 40.2 Å². The van der Waals surface area contributed by atoms with Crippen molar-refractivity contribution in [3.05, 3.63) is 88.8 Å². The molecule has 22 nitrogen and oxygen atoms in total. The summed E-state index contributed by atoms with van der Waals surface area (Å²) in [4.78, 5) is 65.0. The van der Waals surface area contributed by atoms with Crippen LogP contribution >= 0.6 is 0 Å². The van der Waals surface area contributed by atoms with Crippen LogP contribution in [0.1, 0.15) is 56.4 Å². The summed E-state index contributed by atoms with van der Waals surface area (Å²) in [5, 5.41) is 30.6.